The van der Waals surface area contributed by atoms with Crippen molar-refractivity contribution in [3.63, 3.8) is 0 Å². The average molecular weight is 375 g/mol. The van der Waals surface area contributed by atoms with Crippen molar-refractivity contribution in [1.82, 2.24) is 14.9 Å². The van der Waals surface area contributed by atoms with Crippen LogP contribution in [0.2, 0.25) is 0 Å². The number of nitrogens with zero attached hydrogens (tertiary/aromatic N) is 2. The van der Waals surface area contributed by atoms with Crippen molar-refractivity contribution in [2.45, 2.75) is 49.8 Å². The number of hydrogen-bond acceptors (Lipinski definition) is 5. The van der Waals surface area contributed by atoms with Crippen LogP contribution in [0, 0.1) is 0 Å². The van der Waals surface area contributed by atoms with Crippen LogP contribution >= 0.6 is 11.8 Å². The number of carbonyl (C=O) groups is 1. The van der Waals surface area contributed by atoms with E-state index in [2.05, 4.69) is 10.3 Å². The van der Waals surface area contributed by atoms with Crippen molar-refractivity contribution in [3.05, 3.63) is 34.6 Å². The van der Waals surface area contributed by atoms with Gasteiger partial charge in [-0.15, -0.1) is 0 Å². The average Bonchev–Trinajstić information content (AvgIpc) is 3.13. The van der Waals surface area contributed by atoms with Crippen LogP contribution in [0.25, 0.3) is 10.9 Å². The third-order valence-corrected chi connectivity index (χ3v) is 5.63. The number of amides is 1. The number of para-hydroxylation sites is 1. The topological polar surface area (TPSA) is 73.2 Å². The molecule has 2 aromatic rings. The summed E-state index contributed by atoms with van der Waals surface area (Å²) in [6.45, 7) is 2.33. The molecular formula is C19H25N3O3S. The number of fused-ring (bicyclic) bond motifs is 1. The molecule has 0 spiro atoms. The smallest absolute Gasteiger partial charge is 0.262 e. The van der Waals surface area contributed by atoms with E-state index in [4.69, 9.17) is 4.74 Å². The van der Waals surface area contributed by atoms with Gasteiger partial charge >= 0.3 is 0 Å². The molecule has 1 atom stereocenters. The van der Waals surface area contributed by atoms with E-state index in [0.717, 1.165) is 12.8 Å². The Hall–Kier alpha value is -1.86. The van der Waals surface area contributed by atoms with Gasteiger partial charge < -0.3 is 10.1 Å². The van der Waals surface area contributed by atoms with E-state index >= 15 is 0 Å². The van der Waals surface area contributed by atoms with Gasteiger partial charge in [-0.05, 0) is 31.9 Å². The molecule has 6 nitrogen and oxygen atoms in total. The normalized spacial score (nSPS) is 16.1. The molecule has 1 aromatic heterocycles. The minimum atomic E-state index is -0.162. The second-order valence-corrected chi connectivity index (χ2v) is 7.67. The summed E-state index contributed by atoms with van der Waals surface area (Å²) in [6, 6.07) is 7.43. The van der Waals surface area contributed by atoms with Gasteiger partial charge in [0.2, 0.25) is 5.91 Å². The van der Waals surface area contributed by atoms with E-state index in [-0.39, 0.29) is 23.3 Å². The molecule has 1 aromatic carbocycles. The molecule has 1 aliphatic carbocycles. The zero-order valence-electron chi connectivity index (χ0n) is 15.2. The second kappa shape index (κ2) is 8.68. The highest BCUT2D eigenvalue weighted by Crippen LogP contribution is 2.22. The lowest BCUT2D eigenvalue weighted by Gasteiger charge is -2.19. The van der Waals surface area contributed by atoms with E-state index < -0.39 is 0 Å². The molecule has 1 heterocycles. The zero-order chi connectivity index (χ0) is 18.5. The third kappa shape index (κ3) is 4.27. The van der Waals surface area contributed by atoms with Crippen molar-refractivity contribution in [2.24, 2.45) is 0 Å². The molecular weight excluding hydrogens is 350 g/mol. The van der Waals surface area contributed by atoms with Gasteiger partial charge in [0.25, 0.3) is 5.56 Å². The van der Waals surface area contributed by atoms with Gasteiger partial charge in [0.1, 0.15) is 0 Å². The number of hydrogen-bond donors (Lipinski definition) is 1. The van der Waals surface area contributed by atoms with Gasteiger partial charge in [0, 0.05) is 13.2 Å². The molecule has 0 aliphatic heterocycles. The number of benzene rings is 1. The fourth-order valence-corrected chi connectivity index (χ4v) is 4.31. The van der Waals surface area contributed by atoms with Crippen LogP contribution in [-0.4, -0.2) is 41.0 Å². The maximum Gasteiger partial charge on any atom is 0.262 e. The van der Waals surface area contributed by atoms with E-state index in [9.17, 15) is 9.59 Å². The highest BCUT2D eigenvalue weighted by molar-refractivity contribution is 7.99. The lowest BCUT2D eigenvalue weighted by molar-refractivity contribution is -0.119. The summed E-state index contributed by atoms with van der Waals surface area (Å²) in [7, 11) is 1.61. The standard InChI is InChI=1S/C19H25N3O3S/c1-13(11-25-2)22-18(24)15-9-5-6-10-16(15)21-19(22)26-12-17(23)20-14-7-3-4-8-14/h5-6,9-10,13-14H,3-4,7-8,11-12H2,1-2H3,(H,20,23)/t13-/m1/s1. The summed E-state index contributed by atoms with van der Waals surface area (Å²) in [6.07, 6.45) is 4.47. The molecule has 140 valence electrons. The number of carbonyl (C=O) groups excluding carboxylic acids is 1. The first-order valence-electron chi connectivity index (χ1n) is 9.02. The molecule has 1 fully saturated rings. The first kappa shape index (κ1) is 18.9. The molecule has 1 amide bonds. The van der Waals surface area contributed by atoms with Crippen molar-refractivity contribution >= 4 is 28.6 Å². The lowest BCUT2D eigenvalue weighted by Crippen LogP contribution is -2.34. The van der Waals surface area contributed by atoms with Gasteiger partial charge in [-0.25, -0.2) is 4.98 Å². The quantitative estimate of drug-likeness (QED) is 0.595. The van der Waals surface area contributed by atoms with Crippen molar-refractivity contribution in [2.75, 3.05) is 19.5 Å². The van der Waals surface area contributed by atoms with E-state index in [0.29, 0.717) is 28.7 Å². The largest absolute Gasteiger partial charge is 0.383 e. The fraction of sp³-hybridized carbons (Fsp3) is 0.526. The molecule has 26 heavy (non-hydrogen) atoms. The molecule has 1 saturated carbocycles. The molecule has 1 N–H and O–H groups in total. The Bertz CT molecular complexity index is 830. The predicted octanol–water partition coefficient (Wildman–Crippen LogP) is 2.75. The van der Waals surface area contributed by atoms with Crippen LogP contribution < -0.4 is 10.9 Å². The highest BCUT2D eigenvalue weighted by atomic mass is 32.2. The molecule has 0 saturated heterocycles. The van der Waals surface area contributed by atoms with E-state index in [1.54, 1.807) is 17.7 Å². The fourth-order valence-electron chi connectivity index (χ4n) is 3.40. The summed E-state index contributed by atoms with van der Waals surface area (Å²) in [4.78, 5) is 29.8. The van der Waals surface area contributed by atoms with Gasteiger partial charge in [-0.2, -0.15) is 0 Å². The maximum absolute atomic E-state index is 12.9. The SMILES string of the molecule is COC[C@@H](C)n1c(SCC(=O)NC2CCCC2)nc2ccccc2c1=O. The van der Waals surface area contributed by atoms with Crippen LogP contribution in [0.4, 0.5) is 0 Å². The molecule has 0 unspecified atom stereocenters. The number of thioether (sulfide) groups is 1. The van der Waals surface area contributed by atoms with Crippen LogP contribution in [0.3, 0.4) is 0 Å². The Morgan fingerprint density at radius 1 is 1.38 bits per heavy atom. The summed E-state index contributed by atoms with van der Waals surface area (Å²) in [5.74, 6) is 0.247. The van der Waals surface area contributed by atoms with Crippen LogP contribution in [0.5, 0.6) is 0 Å². The van der Waals surface area contributed by atoms with Gasteiger partial charge in [-0.1, -0.05) is 36.7 Å². The zero-order valence-corrected chi connectivity index (χ0v) is 16.1. The highest BCUT2D eigenvalue weighted by Gasteiger charge is 2.20. The minimum absolute atomic E-state index is 0.00440. The summed E-state index contributed by atoms with van der Waals surface area (Å²) < 4.78 is 6.86. The third-order valence-electron chi connectivity index (χ3n) is 4.68. The minimum Gasteiger partial charge on any atom is -0.383 e. The lowest BCUT2D eigenvalue weighted by atomic mass is 10.2. The van der Waals surface area contributed by atoms with Crippen LogP contribution in [-0.2, 0) is 9.53 Å². The maximum atomic E-state index is 12.9. The van der Waals surface area contributed by atoms with Crippen LogP contribution in [0.15, 0.2) is 34.2 Å². The summed E-state index contributed by atoms with van der Waals surface area (Å²) >= 11 is 1.31. The van der Waals surface area contributed by atoms with E-state index in [1.807, 2.05) is 25.1 Å². The van der Waals surface area contributed by atoms with Crippen molar-refractivity contribution in [1.29, 1.82) is 0 Å². The van der Waals surface area contributed by atoms with Gasteiger partial charge in [0.15, 0.2) is 5.16 Å². The Balaban J connectivity index is 1.84. The monoisotopic (exact) mass is 375 g/mol. The molecule has 0 radical (unpaired) electrons. The molecule has 3 rings (SSSR count). The summed E-state index contributed by atoms with van der Waals surface area (Å²) in [5, 5.41) is 4.21. The number of aromatic nitrogens is 2. The van der Waals surface area contributed by atoms with Gasteiger partial charge in [-0.3, -0.25) is 14.2 Å². The molecule has 1 aliphatic rings. The first-order valence-corrected chi connectivity index (χ1v) is 10.0. The molecule has 0 bridgehead atoms. The predicted molar refractivity (Wildman–Crippen MR) is 104 cm³/mol. The number of ether oxygens (including phenoxy) is 1. The van der Waals surface area contributed by atoms with Crippen molar-refractivity contribution < 1.29 is 9.53 Å². The Labute approximate surface area is 157 Å². The number of rotatable bonds is 7. The van der Waals surface area contributed by atoms with Crippen LogP contribution in [0.1, 0.15) is 38.6 Å². The Morgan fingerprint density at radius 3 is 2.85 bits per heavy atom. The first-order chi connectivity index (χ1) is 12.6. The molecule has 7 heteroatoms. The number of nitrogens with one attached hydrogen (secondary N) is 1. The number of methoxy groups -OCH3 is 1. The Morgan fingerprint density at radius 2 is 2.12 bits per heavy atom. The second-order valence-electron chi connectivity index (χ2n) is 6.73. The summed E-state index contributed by atoms with van der Waals surface area (Å²) in [5.41, 5.74) is 0.552. The Kier molecular flexibility index (Phi) is 6.32. The van der Waals surface area contributed by atoms with E-state index in [1.165, 1.54) is 24.6 Å². The van der Waals surface area contributed by atoms with Gasteiger partial charge in [0.05, 0.1) is 29.3 Å². The van der Waals surface area contributed by atoms with Crippen molar-refractivity contribution in [3.8, 4) is 0 Å².